The summed E-state index contributed by atoms with van der Waals surface area (Å²) in [7, 11) is 1.70. The molecule has 0 saturated carbocycles. The maximum Gasteiger partial charge on any atom is 0.171 e. The molecule has 1 atom stereocenters. The van der Waals surface area contributed by atoms with Crippen molar-refractivity contribution >= 4 is 5.82 Å². The maximum atomic E-state index is 5.64. The zero-order valence-corrected chi connectivity index (χ0v) is 10.4. The Hall–Kier alpha value is -1.29. The predicted molar refractivity (Wildman–Crippen MR) is 69.4 cm³/mol. The van der Waals surface area contributed by atoms with Gasteiger partial charge in [-0.3, -0.25) is 0 Å². The average Bonchev–Trinajstić information content (AvgIpc) is 2.39. The highest BCUT2D eigenvalue weighted by Gasteiger charge is 2.22. The first-order valence-electron chi connectivity index (χ1n) is 6.29. The van der Waals surface area contributed by atoms with Crippen LogP contribution in [0.3, 0.4) is 0 Å². The van der Waals surface area contributed by atoms with Crippen molar-refractivity contribution in [1.29, 1.82) is 0 Å². The van der Waals surface area contributed by atoms with E-state index in [4.69, 9.17) is 10.5 Å². The van der Waals surface area contributed by atoms with E-state index in [0.717, 1.165) is 37.6 Å². The maximum absolute atomic E-state index is 5.64. The van der Waals surface area contributed by atoms with Gasteiger partial charge in [0.2, 0.25) is 0 Å². The summed E-state index contributed by atoms with van der Waals surface area (Å²) in [6.07, 6.45) is 5.42. The second-order valence-corrected chi connectivity index (χ2v) is 4.56. The van der Waals surface area contributed by atoms with Gasteiger partial charge in [0, 0.05) is 19.3 Å². The first-order valence-corrected chi connectivity index (χ1v) is 6.29. The molecule has 2 rings (SSSR count). The fourth-order valence-electron chi connectivity index (χ4n) is 2.51. The minimum atomic E-state index is 0.695. The van der Waals surface area contributed by atoms with E-state index < -0.39 is 0 Å². The second kappa shape index (κ2) is 5.87. The fourth-order valence-corrected chi connectivity index (χ4v) is 2.51. The molecule has 0 aliphatic carbocycles. The molecule has 0 spiro atoms. The van der Waals surface area contributed by atoms with Gasteiger partial charge in [-0.2, -0.15) is 0 Å². The number of methoxy groups -OCH3 is 1. The highest BCUT2D eigenvalue weighted by atomic mass is 16.5. The second-order valence-electron chi connectivity index (χ2n) is 4.56. The van der Waals surface area contributed by atoms with Gasteiger partial charge in [-0.25, -0.2) is 4.98 Å². The number of hydrogen-bond donors (Lipinski definition) is 1. The minimum absolute atomic E-state index is 0.695. The lowest BCUT2D eigenvalue weighted by molar-refractivity contribution is 0.381. The molecule has 4 heteroatoms. The van der Waals surface area contributed by atoms with Gasteiger partial charge in [0.25, 0.3) is 0 Å². The van der Waals surface area contributed by atoms with E-state index in [0.29, 0.717) is 5.92 Å². The van der Waals surface area contributed by atoms with Gasteiger partial charge in [-0.1, -0.05) is 0 Å². The lowest BCUT2D eigenvalue weighted by Crippen LogP contribution is -2.36. The molecule has 1 aliphatic rings. The van der Waals surface area contributed by atoms with Crippen LogP contribution in [0.5, 0.6) is 5.75 Å². The van der Waals surface area contributed by atoms with Crippen LogP contribution in [0, 0.1) is 5.92 Å². The van der Waals surface area contributed by atoms with E-state index in [9.17, 15) is 0 Å². The van der Waals surface area contributed by atoms with E-state index in [1.165, 1.54) is 12.8 Å². The van der Waals surface area contributed by atoms with Crippen molar-refractivity contribution < 1.29 is 4.74 Å². The highest BCUT2D eigenvalue weighted by molar-refractivity contribution is 5.52. The molecular weight excluding hydrogens is 214 g/mol. The number of rotatable bonds is 4. The molecule has 0 amide bonds. The first-order chi connectivity index (χ1) is 8.35. The third-order valence-corrected chi connectivity index (χ3v) is 3.36. The molecule has 1 fully saturated rings. The van der Waals surface area contributed by atoms with Crippen LogP contribution in [0.4, 0.5) is 5.82 Å². The van der Waals surface area contributed by atoms with Crippen LogP contribution >= 0.6 is 0 Å². The summed E-state index contributed by atoms with van der Waals surface area (Å²) in [4.78, 5) is 6.76. The highest BCUT2D eigenvalue weighted by Crippen LogP contribution is 2.29. The summed E-state index contributed by atoms with van der Waals surface area (Å²) < 4.78 is 5.36. The molecule has 4 nitrogen and oxygen atoms in total. The van der Waals surface area contributed by atoms with E-state index in [1.54, 1.807) is 7.11 Å². The zero-order chi connectivity index (χ0) is 12.1. The van der Waals surface area contributed by atoms with Gasteiger partial charge in [-0.15, -0.1) is 0 Å². The van der Waals surface area contributed by atoms with Crippen LogP contribution in [-0.4, -0.2) is 31.7 Å². The van der Waals surface area contributed by atoms with E-state index >= 15 is 0 Å². The monoisotopic (exact) mass is 235 g/mol. The van der Waals surface area contributed by atoms with Crippen LogP contribution in [0.1, 0.15) is 19.3 Å². The zero-order valence-electron chi connectivity index (χ0n) is 10.4. The third-order valence-electron chi connectivity index (χ3n) is 3.36. The lowest BCUT2D eigenvalue weighted by Gasteiger charge is -2.34. The lowest BCUT2D eigenvalue weighted by atomic mass is 9.95. The van der Waals surface area contributed by atoms with Gasteiger partial charge < -0.3 is 15.4 Å². The van der Waals surface area contributed by atoms with E-state index in [-0.39, 0.29) is 0 Å². The number of hydrogen-bond acceptors (Lipinski definition) is 4. The van der Waals surface area contributed by atoms with Gasteiger partial charge in [0.05, 0.1) is 7.11 Å². The summed E-state index contributed by atoms with van der Waals surface area (Å²) >= 11 is 0. The number of piperidine rings is 1. The molecule has 2 N–H and O–H groups in total. The third kappa shape index (κ3) is 2.88. The summed E-state index contributed by atoms with van der Waals surface area (Å²) in [6.45, 7) is 2.89. The number of aromatic nitrogens is 1. The molecule has 0 aromatic carbocycles. The van der Waals surface area contributed by atoms with Crippen molar-refractivity contribution in [3.63, 3.8) is 0 Å². The standard InChI is InChI=1S/C13H21N3O/c1-17-12-5-2-8-15-13(12)16-9-3-4-11(10-16)6-7-14/h2,5,8,11H,3-4,6-7,9-10,14H2,1H3. The Morgan fingerprint density at radius 2 is 2.47 bits per heavy atom. The molecule has 0 bridgehead atoms. The van der Waals surface area contributed by atoms with E-state index in [2.05, 4.69) is 9.88 Å². The average molecular weight is 235 g/mol. The quantitative estimate of drug-likeness (QED) is 0.862. The number of pyridine rings is 1. The molecule has 1 aromatic heterocycles. The van der Waals surface area contributed by atoms with Crippen LogP contribution < -0.4 is 15.4 Å². The van der Waals surface area contributed by atoms with Gasteiger partial charge in [-0.05, 0) is 43.9 Å². The van der Waals surface area contributed by atoms with Crippen molar-refractivity contribution in [2.24, 2.45) is 11.7 Å². The van der Waals surface area contributed by atoms with E-state index in [1.807, 2.05) is 18.3 Å². The van der Waals surface area contributed by atoms with Gasteiger partial charge in [0.1, 0.15) is 0 Å². The minimum Gasteiger partial charge on any atom is -0.493 e. The Balaban J connectivity index is 2.10. The smallest absolute Gasteiger partial charge is 0.171 e. The molecular formula is C13H21N3O. The predicted octanol–water partition coefficient (Wildman–Crippen LogP) is 1.66. The molecule has 1 aromatic rings. The summed E-state index contributed by atoms with van der Waals surface area (Å²) in [5.74, 6) is 2.53. The SMILES string of the molecule is COc1cccnc1N1CCCC(CCN)C1. The van der Waals surface area contributed by atoms with Crippen molar-refractivity contribution in [1.82, 2.24) is 4.98 Å². The topological polar surface area (TPSA) is 51.4 Å². The molecule has 1 saturated heterocycles. The largest absolute Gasteiger partial charge is 0.493 e. The number of ether oxygens (including phenoxy) is 1. The van der Waals surface area contributed by atoms with Crippen molar-refractivity contribution in [3.8, 4) is 5.75 Å². The Bertz CT molecular complexity index is 354. The van der Waals surface area contributed by atoms with Crippen molar-refractivity contribution in [3.05, 3.63) is 18.3 Å². The number of anilines is 1. The van der Waals surface area contributed by atoms with Crippen LogP contribution in [-0.2, 0) is 0 Å². The number of nitrogens with two attached hydrogens (primary N) is 1. The first kappa shape index (κ1) is 12.2. The van der Waals surface area contributed by atoms with Crippen LogP contribution in [0.2, 0.25) is 0 Å². The van der Waals surface area contributed by atoms with Gasteiger partial charge in [0.15, 0.2) is 11.6 Å². The number of nitrogens with zero attached hydrogens (tertiary/aromatic N) is 2. The Morgan fingerprint density at radius 3 is 3.24 bits per heavy atom. The summed E-state index contributed by atoms with van der Waals surface area (Å²) in [5, 5.41) is 0. The van der Waals surface area contributed by atoms with Crippen molar-refractivity contribution in [2.45, 2.75) is 19.3 Å². The molecule has 1 unspecified atom stereocenters. The van der Waals surface area contributed by atoms with Crippen LogP contribution in [0.25, 0.3) is 0 Å². The van der Waals surface area contributed by atoms with Crippen LogP contribution in [0.15, 0.2) is 18.3 Å². The Labute approximate surface area is 103 Å². The van der Waals surface area contributed by atoms with Gasteiger partial charge >= 0.3 is 0 Å². The molecule has 0 radical (unpaired) electrons. The van der Waals surface area contributed by atoms with Crippen molar-refractivity contribution in [2.75, 3.05) is 31.6 Å². The summed E-state index contributed by atoms with van der Waals surface area (Å²) in [6, 6.07) is 3.87. The Morgan fingerprint density at radius 1 is 1.59 bits per heavy atom. The molecule has 17 heavy (non-hydrogen) atoms. The summed E-state index contributed by atoms with van der Waals surface area (Å²) in [5.41, 5.74) is 5.64. The molecule has 1 aliphatic heterocycles. The fraction of sp³-hybridized carbons (Fsp3) is 0.615. The normalized spacial score (nSPS) is 20.4. The molecule has 94 valence electrons. The Kier molecular flexibility index (Phi) is 4.20. The molecule has 2 heterocycles.